The third-order valence-electron chi connectivity index (χ3n) is 14.6. The average molecular weight is 711 g/mol. The predicted octanol–water partition coefficient (Wildman–Crippen LogP) is 1.95. The van der Waals surface area contributed by atoms with E-state index < -0.39 is 76.1 Å². The van der Waals surface area contributed by atoms with E-state index in [9.17, 15) is 29.4 Å². The molecule has 2 N–H and O–H groups in total. The number of benzene rings is 1. The molecule has 7 aliphatic rings. The van der Waals surface area contributed by atoms with E-state index in [1.54, 1.807) is 52.5 Å². The molecular formula is C38H50N2O11. The van der Waals surface area contributed by atoms with Crippen LogP contribution >= 0.6 is 0 Å². The van der Waals surface area contributed by atoms with Crippen molar-refractivity contribution in [3.8, 4) is 0 Å². The number of hydrogen-bond donors (Lipinski definition) is 2. The first-order valence-electron chi connectivity index (χ1n) is 18.4. The van der Waals surface area contributed by atoms with Crippen molar-refractivity contribution in [2.45, 2.75) is 94.5 Å². The Morgan fingerprint density at radius 2 is 1.80 bits per heavy atom. The molecule has 51 heavy (non-hydrogen) atoms. The van der Waals surface area contributed by atoms with Crippen molar-refractivity contribution < 1.29 is 53.1 Å². The number of likely N-dealkylation sites (N-methyl/N-ethyl adjacent to an activating group) is 1. The van der Waals surface area contributed by atoms with E-state index in [1.165, 1.54) is 6.92 Å². The Hall–Kier alpha value is -2.94. The molecule has 8 rings (SSSR count). The minimum Gasteiger partial charge on any atom is -0.462 e. The summed E-state index contributed by atoms with van der Waals surface area (Å²) in [6, 6.07) is 5.95. The van der Waals surface area contributed by atoms with Gasteiger partial charge in [-0.2, -0.15) is 0 Å². The Morgan fingerprint density at radius 1 is 1.06 bits per heavy atom. The molecular weight excluding hydrogens is 660 g/mol. The highest BCUT2D eigenvalue weighted by atomic mass is 16.6. The zero-order valence-corrected chi connectivity index (χ0v) is 30.2. The Labute approximate surface area is 297 Å². The Morgan fingerprint density at radius 3 is 2.43 bits per heavy atom. The van der Waals surface area contributed by atoms with E-state index in [-0.39, 0.29) is 60.5 Å². The van der Waals surface area contributed by atoms with Crippen LogP contribution in [0.25, 0.3) is 0 Å². The lowest BCUT2D eigenvalue weighted by atomic mass is 9.42. The second-order valence-electron chi connectivity index (χ2n) is 16.3. The van der Waals surface area contributed by atoms with Gasteiger partial charge in [-0.25, -0.2) is 9.69 Å². The van der Waals surface area contributed by atoms with Gasteiger partial charge in [0.15, 0.2) is 0 Å². The lowest BCUT2D eigenvalue weighted by Crippen LogP contribution is -2.82. The molecule has 1 aromatic carbocycles. The molecule has 14 atom stereocenters. The summed E-state index contributed by atoms with van der Waals surface area (Å²) in [4.78, 5) is 55.9. The van der Waals surface area contributed by atoms with E-state index >= 15 is 0 Å². The number of aliphatic hydroxyl groups is 2. The molecule has 7 fully saturated rings. The quantitative estimate of drug-likeness (QED) is 0.284. The van der Waals surface area contributed by atoms with Crippen LogP contribution in [0.5, 0.6) is 0 Å². The van der Waals surface area contributed by atoms with Crippen LogP contribution in [0.3, 0.4) is 0 Å². The Bertz CT molecular complexity index is 1650. The number of amides is 2. The number of piperidine rings is 1. The van der Waals surface area contributed by atoms with Crippen molar-refractivity contribution in [1.82, 2.24) is 4.90 Å². The molecule has 13 heteroatoms. The third-order valence-corrected chi connectivity index (χ3v) is 14.6. The molecule has 7 bridgehead atoms. The van der Waals surface area contributed by atoms with E-state index in [0.717, 1.165) is 4.90 Å². The molecule has 5 unspecified atom stereocenters. The van der Waals surface area contributed by atoms with Crippen molar-refractivity contribution in [1.29, 1.82) is 0 Å². The van der Waals surface area contributed by atoms with Crippen molar-refractivity contribution in [2.75, 3.05) is 45.9 Å². The molecule has 13 nitrogen and oxygen atoms in total. The number of fused-ring (bicyclic) bond motifs is 2. The second-order valence-corrected chi connectivity index (χ2v) is 16.3. The van der Waals surface area contributed by atoms with Crippen LogP contribution in [0.4, 0.5) is 5.69 Å². The first kappa shape index (κ1) is 35.1. The van der Waals surface area contributed by atoms with Gasteiger partial charge in [0.05, 0.1) is 42.2 Å². The first-order chi connectivity index (χ1) is 24.3. The number of methoxy groups -OCH3 is 3. The molecule has 1 spiro atoms. The summed E-state index contributed by atoms with van der Waals surface area (Å²) in [7, 11) is 4.85. The number of anilines is 1. The number of nitrogens with zero attached hydrogens (tertiary/aromatic N) is 2. The topological polar surface area (TPSA) is 161 Å². The van der Waals surface area contributed by atoms with Gasteiger partial charge in [0.2, 0.25) is 11.8 Å². The fourth-order valence-corrected chi connectivity index (χ4v) is 13.2. The molecule has 5 aliphatic carbocycles. The zero-order chi connectivity index (χ0) is 36.4. The highest BCUT2D eigenvalue weighted by Gasteiger charge is 2.92. The van der Waals surface area contributed by atoms with Crippen LogP contribution < -0.4 is 4.90 Å². The molecule has 1 aromatic rings. The lowest BCUT2D eigenvalue weighted by Gasteiger charge is -2.70. The highest BCUT2D eigenvalue weighted by Crippen LogP contribution is 2.80. The van der Waals surface area contributed by atoms with Gasteiger partial charge >= 0.3 is 11.9 Å². The SMILES string of the molecule is CCN1C[C@]2(COC(=O)c3ccccc3N3C(=O)CC(C)C3=O)CCC(OC)C34[C@@H]5C[C@H]6C(OC(C)=O)C5[C@](O)(C[C@@H]6OC)[C@](O)([C@H]13)[C@@H](OC)[C@@H]42. The van der Waals surface area contributed by atoms with Crippen molar-refractivity contribution >= 4 is 29.4 Å². The van der Waals surface area contributed by atoms with Gasteiger partial charge < -0.3 is 33.9 Å². The van der Waals surface area contributed by atoms with Gasteiger partial charge in [-0.1, -0.05) is 26.0 Å². The van der Waals surface area contributed by atoms with Crippen molar-refractivity contribution in [3.05, 3.63) is 29.8 Å². The van der Waals surface area contributed by atoms with Gasteiger partial charge in [-0.15, -0.1) is 0 Å². The number of ether oxygens (including phenoxy) is 5. The second kappa shape index (κ2) is 11.8. The molecule has 2 heterocycles. The minimum absolute atomic E-state index is 0.0201. The Balaban J connectivity index is 1.24. The summed E-state index contributed by atoms with van der Waals surface area (Å²) in [5.41, 5.74) is -4.72. The van der Waals surface area contributed by atoms with E-state index in [4.69, 9.17) is 23.7 Å². The lowest BCUT2D eigenvalue weighted by molar-refractivity contribution is -0.319. The molecule has 2 aliphatic heterocycles. The maximum Gasteiger partial charge on any atom is 0.340 e. The van der Waals surface area contributed by atoms with Crippen LogP contribution in [-0.2, 0) is 38.1 Å². The summed E-state index contributed by atoms with van der Waals surface area (Å²) in [5.74, 6) is -3.74. The van der Waals surface area contributed by atoms with E-state index in [1.807, 2.05) is 6.92 Å². The van der Waals surface area contributed by atoms with Gasteiger partial charge in [0, 0.05) is 82.1 Å². The van der Waals surface area contributed by atoms with Crippen molar-refractivity contribution in [2.24, 2.45) is 40.4 Å². The fraction of sp³-hybridized carbons (Fsp3) is 0.737. The number of likely N-dealkylation sites (tertiary alicyclic amines) is 1. The molecule has 278 valence electrons. The normalized spacial score (nSPS) is 46.4. The largest absolute Gasteiger partial charge is 0.462 e. The van der Waals surface area contributed by atoms with Crippen LogP contribution in [0.2, 0.25) is 0 Å². The van der Waals surface area contributed by atoms with E-state index in [2.05, 4.69) is 4.90 Å². The molecule has 5 saturated carbocycles. The minimum atomic E-state index is -1.82. The Kier molecular flexibility index (Phi) is 8.11. The summed E-state index contributed by atoms with van der Waals surface area (Å²) >= 11 is 0. The van der Waals surface area contributed by atoms with Gasteiger partial charge in [0.1, 0.15) is 17.3 Å². The molecule has 0 aromatic heterocycles. The maximum atomic E-state index is 14.1. The van der Waals surface area contributed by atoms with Crippen LogP contribution in [-0.4, -0.2) is 122 Å². The number of carbonyl (C=O) groups is 4. The monoisotopic (exact) mass is 710 g/mol. The number of esters is 2. The van der Waals surface area contributed by atoms with Crippen molar-refractivity contribution in [3.63, 3.8) is 0 Å². The smallest absolute Gasteiger partial charge is 0.340 e. The maximum absolute atomic E-state index is 14.1. The summed E-state index contributed by atoms with van der Waals surface area (Å²) in [5, 5.41) is 26.7. The van der Waals surface area contributed by atoms with Gasteiger partial charge in [-0.3, -0.25) is 19.3 Å². The fourth-order valence-electron chi connectivity index (χ4n) is 13.2. The van der Waals surface area contributed by atoms with Gasteiger partial charge in [0.25, 0.3) is 0 Å². The standard InChI is InChI=1S/C38H50N2O11/c1-7-39-17-35(18-50-33(44)21-10-8-9-11-24(21)40-27(42)14-19(2)32(40)43)13-12-26(48-5)37-23-15-22-25(47-4)16-36(45,28(23)29(22)51-20(3)41)38(46,34(37)39)31(49-6)30(35)37/h8-11,19,22-23,25-26,28-31,34,45-46H,7,12-18H2,1-6H3/t19?,22-,23-,25+,26?,28?,29?,30-,31+,34-,35+,36-,37?,38-/m1/s1. The van der Waals surface area contributed by atoms with E-state index in [0.29, 0.717) is 32.4 Å². The number of hydrogen-bond acceptors (Lipinski definition) is 12. The van der Waals surface area contributed by atoms with Gasteiger partial charge in [-0.05, 0) is 43.9 Å². The predicted molar refractivity (Wildman–Crippen MR) is 179 cm³/mol. The zero-order valence-electron chi connectivity index (χ0n) is 30.2. The number of imide groups is 1. The summed E-state index contributed by atoms with van der Waals surface area (Å²) in [6.45, 7) is 6.10. The molecule has 2 amide bonds. The third kappa shape index (κ3) is 4.19. The first-order valence-corrected chi connectivity index (χ1v) is 18.4. The number of carbonyl (C=O) groups excluding carboxylic acids is 4. The summed E-state index contributed by atoms with van der Waals surface area (Å²) in [6.07, 6.45) is -0.303. The van der Waals surface area contributed by atoms with Crippen LogP contribution in [0.15, 0.2) is 24.3 Å². The van der Waals surface area contributed by atoms with Crippen LogP contribution in [0.1, 0.15) is 63.2 Å². The highest BCUT2D eigenvalue weighted by molar-refractivity contribution is 6.22. The summed E-state index contributed by atoms with van der Waals surface area (Å²) < 4.78 is 31.1. The number of para-hydroxylation sites is 1. The molecule has 0 radical (unpaired) electrons. The number of rotatable bonds is 9. The van der Waals surface area contributed by atoms with Crippen LogP contribution in [0, 0.1) is 40.4 Å². The average Bonchev–Trinajstić information content (AvgIpc) is 3.61. The molecule has 2 saturated heterocycles.